The van der Waals surface area contributed by atoms with Crippen LogP contribution < -0.4 is 5.56 Å². The lowest BCUT2D eigenvalue weighted by atomic mass is 10.2. The first-order valence-electron chi connectivity index (χ1n) is 9.90. The Kier molecular flexibility index (Phi) is 6.19. The highest BCUT2D eigenvalue weighted by atomic mass is 32.2. The number of hydrogen-bond donors (Lipinski definition) is 1. The smallest absolute Gasteiger partial charge is 0.341 e. The molecule has 10 heteroatoms. The minimum absolute atomic E-state index is 0.0851. The number of rotatable bonds is 7. The van der Waals surface area contributed by atoms with Crippen LogP contribution in [-0.2, 0) is 34.7 Å². The predicted octanol–water partition coefficient (Wildman–Crippen LogP) is 3.05. The van der Waals surface area contributed by atoms with Crippen LogP contribution in [0.1, 0.15) is 44.6 Å². The zero-order chi connectivity index (χ0) is 22.1. The molecule has 3 heterocycles. The molecule has 1 aliphatic carbocycles. The standard InChI is InChI=1S/C21H23N3O5S2/c1-11-14(21(27)28-3)7-12(29-11)8-24(2)17(25)10-30-9-16-22-19(26)18-13-5-4-6-15(13)31-20(18)23-16/h7H,4-6,8-10H2,1-3H3,(H,22,23,26). The molecule has 4 rings (SSSR count). The molecule has 0 aromatic carbocycles. The van der Waals surface area contributed by atoms with Crippen molar-refractivity contribution in [3.05, 3.63) is 49.8 Å². The number of esters is 1. The van der Waals surface area contributed by atoms with Crippen molar-refractivity contribution in [3.8, 4) is 0 Å². The molecule has 0 spiro atoms. The maximum absolute atomic E-state index is 12.5. The molecular formula is C21H23N3O5S2. The van der Waals surface area contributed by atoms with Gasteiger partial charge in [-0.1, -0.05) is 0 Å². The predicted molar refractivity (Wildman–Crippen MR) is 120 cm³/mol. The van der Waals surface area contributed by atoms with E-state index in [0.29, 0.717) is 28.7 Å². The van der Waals surface area contributed by atoms with Crippen LogP contribution in [0.5, 0.6) is 0 Å². The van der Waals surface area contributed by atoms with Crippen LogP contribution in [0.25, 0.3) is 10.2 Å². The number of aromatic nitrogens is 2. The highest BCUT2D eigenvalue weighted by molar-refractivity contribution is 7.99. The minimum Gasteiger partial charge on any atom is -0.465 e. The summed E-state index contributed by atoms with van der Waals surface area (Å²) in [5.41, 5.74) is 1.43. The van der Waals surface area contributed by atoms with E-state index in [1.54, 1.807) is 31.4 Å². The fourth-order valence-electron chi connectivity index (χ4n) is 3.72. The quantitative estimate of drug-likeness (QED) is 0.539. The van der Waals surface area contributed by atoms with E-state index in [1.807, 2.05) is 0 Å². The number of H-pyrrole nitrogens is 1. The fraction of sp³-hybridized carbons (Fsp3) is 0.429. The van der Waals surface area contributed by atoms with Gasteiger partial charge in [0.05, 0.1) is 30.5 Å². The Morgan fingerprint density at radius 2 is 2.19 bits per heavy atom. The number of aromatic amines is 1. The summed E-state index contributed by atoms with van der Waals surface area (Å²) in [6.45, 7) is 1.93. The molecule has 0 aliphatic heterocycles. The van der Waals surface area contributed by atoms with E-state index in [1.165, 1.54) is 28.6 Å². The molecule has 31 heavy (non-hydrogen) atoms. The number of amides is 1. The molecule has 1 amide bonds. The number of hydrogen-bond acceptors (Lipinski definition) is 8. The molecule has 3 aromatic heterocycles. The van der Waals surface area contributed by atoms with Gasteiger partial charge in [-0.2, -0.15) is 0 Å². The molecule has 1 N–H and O–H groups in total. The SMILES string of the molecule is COC(=O)c1cc(CN(C)C(=O)CSCc2nc3sc4c(c3c(=O)[nH]2)CCC4)oc1C. The van der Waals surface area contributed by atoms with Crippen molar-refractivity contribution in [2.75, 3.05) is 19.9 Å². The molecule has 0 bridgehead atoms. The van der Waals surface area contributed by atoms with Gasteiger partial charge in [-0.15, -0.1) is 23.1 Å². The Bertz CT molecular complexity index is 1210. The summed E-state index contributed by atoms with van der Waals surface area (Å²) in [6.07, 6.45) is 3.08. The third-order valence-electron chi connectivity index (χ3n) is 5.28. The van der Waals surface area contributed by atoms with Gasteiger partial charge >= 0.3 is 5.97 Å². The summed E-state index contributed by atoms with van der Waals surface area (Å²) in [5, 5.41) is 0.738. The van der Waals surface area contributed by atoms with Crippen LogP contribution in [0.2, 0.25) is 0 Å². The number of methoxy groups -OCH3 is 1. The van der Waals surface area contributed by atoms with Gasteiger partial charge in [0.1, 0.15) is 27.7 Å². The molecule has 3 aromatic rings. The van der Waals surface area contributed by atoms with E-state index in [-0.39, 0.29) is 23.8 Å². The number of nitrogens with zero attached hydrogens (tertiary/aromatic N) is 2. The third-order valence-corrected chi connectivity index (χ3v) is 7.40. The van der Waals surface area contributed by atoms with Crippen molar-refractivity contribution < 1.29 is 18.7 Å². The van der Waals surface area contributed by atoms with Crippen molar-refractivity contribution in [1.29, 1.82) is 0 Å². The monoisotopic (exact) mass is 461 g/mol. The maximum atomic E-state index is 12.5. The summed E-state index contributed by atoms with van der Waals surface area (Å²) in [5.74, 6) is 1.69. The summed E-state index contributed by atoms with van der Waals surface area (Å²) < 4.78 is 10.3. The van der Waals surface area contributed by atoms with Gasteiger partial charge in [-0.25, -0.2) is 9.78 Å². The van der Waals surface area contributed by atoms with Crippen molar-refractivity contribution >= 4 is 45.2 Å². The normalized spacial score (nSPS) is 12.9. The molecule has 0 fully saturated rings. The highest BCUT2D eigenvalue weighted by Crippen LogP contribution is 2.34. The maximum Gasteiger partial charge on any atom is 0.341 e. The Morgan fingerprint density at radius 3 is 2.97 bits per heavy atom. The van der Waals surface area contributed by atoms with Crippen molar-refractivity contribution in [2.24, 2.45) is 0 Å². The van der Waals surface area contributed by atoms with Crippen molar-refractivity contribution in [3.63, 3.8) is 0 Å². The van der Waals surface area contributed by atoms with Crippen LogP contribution in [0.15, 0.2) is 15.3 Å². The van der Waals surface area contributed by atoms with Crippen LogP contribution in [0.3, 0.4) is 0 Å². The van der Waals surface area contributed by atoms with Gasteiger partial charge in [-0.05, 0) is 37.8 Å². The second-order valence-corrected chi connectivity index (χ2v) is 9.54. The van der Waals surface area contributed by atoms with Crippen LogP contribution >= 0.6 is 23.1 Å². The summed E-state index contributed by atoms with van der Waals surface area (Å²) in [7, 11) is 2.99. The van der Waals surface area contributed by atoms with E-state index < -0.39 is 5.97 Å². The van der Waals surface area contributed by atoms with Gasteiger partial charge in [0, 0.05) is 11.9 Å². The lowest BCUT2D eigenvalue weighted by Gasteiger charge is -2.15. The number of fused-ring (bicyclic) bond motifs is 3. The van der Waals surface area contributed by atoms with Gasteiger partial charge in [-0.3, -0.25) is 9.59 Å². The average molecular weight is 462 g/mol. The Balaban J connectivity index is 1.34. The first kappa shape index (κ1) is 21.6. The summed E-state index contributed by atoms with van der Waals surface area (Å²) in [6, 6.07) is 1.60. The number of carbonyl (C=O) groups is 2. The summed E-state index contributed by atoms with van der Waals surface area (Å²) in [4.78, 5) is 47.8. The number of aryl methyl sites for hydroxylation is 3. The molecule has 0 unspecified atom stereocenters. The zero-order valence-electron chi connectivity index (χ0n) is 17.6. The van der Waals surface area contributed by atoms with Gasteiger partial charge in [0.25, 0.3) is 5.56 Å². The lowest BCUT2D eigenvalue weighted by molar-refractivity contribution is -0.127. The van der Waals surface area contributed by atoms with Crippen LogP contribution in [0.4, 0.5) is 0 Å². The fourth-order valence-corrected chi connectivity index (χ4v) is 5.82. The first-order valence-corrected chi connectivity index (χ1v) is 11.9. The molecule has 0 radical (unpaired) electrons. The number of furan rings is 1. The number of ether oxygens (including phenoxy) is 1. The van der Waals surface area contributed by atoms with Crippen molar-refractivity contribution in [2.45, 2.75) is 38.5 Å². The lowest BCUT2D eigenvalue weighted by Crippen LogP contribution is -2.27. The topological polar surface area (TPSA) is 105 Å². The number of nitrogens with one attached hydrogen (secondary N) is 1. The first-order chi connectivity index (χ1) is 14.9. The van der Waals surface area contributed by atoms with E-state index in [9.17, 15) is 14.4 Å². The minimum atomic E-state index is -0.466. The third kappa shape index (κ3) is 4.40. The second kappa shape index (κ2) is 8.88. The van der Waals surface area contributed by atoms with E-state index in [0.717, 1.165) is 35.0 Å². The van der Waals surface area contributed by atoms with E-state index in [4.69, 9.17) is 9.15 Å². The largest absolute Gasteiger partial charge is 0.465 e. The zero-order valence-corrected chi connectivity index (χ0v) is 19.2. The van der Waals surface area contributed by atoms with E-state index >= 15 is 0 Å². The molecule has 0 atom stereocenters. The molecule has 1 aliphatic rings. The number of thiophene rings is 1. The Morgan fingerprint density at radius 1 is 1.39 bits per heavy atom. The molecule has 0 saturated carbocycles. The van der Waals surface area contributed by atoms with Gasteiger partial charge in [0.2, 0.25) is 5.91 Å². The number of carbonyl (C=O) groups excluding carboxylic acids is 2. The molecule has 8 nitrogen and oxygen atoms in total. The second-order valence-electron chi connectivity index (χ2n) is 7.47. The number of thioether (sulfide) groups is 1. The highest BCUT2D eigenvalue weighted by Gasteiger charge is 2.21. The average Bonchev–Trinajstić information content (AvgIpc) is 3.41. The molecule has 0 saturated heterocycles. The van der Waals surface area contributed by atoms with Crippen molar-refractivity contribution in [1.82, 2.24) is 14.9 Å². The Hall–Kier alpha value is -2.59. The summed E-state index contributed by atoms with van der Waals surface area (Å²) >= 11 is 3.00. The van der Waals surface area contributed by atoms with Gasteiger partial charge in [0.15, 0.2) is 0 Å². The molecule has 164 valence electrons. The van der Waals surface area contributed by atoms with E-state index in [2.05, 4.69) is 9.97 Å². The van der Waals surface area contributed by atoms with Crippen LogP contribution in [0, 0.1) is 6.92 Å². The molecular weight excluding hydrogens is 438 g/mol. The Labute approximate surface area is 187 Å². The van der Waals surface area contributed by atoms with Crippen LogP contribution in [-0.4, -0.2) is 46.7 Å². The van der Waals surface area contributed by atoms with Gasteiger partial charge < -0.3 is 19.0 Å².